The Bertz CT molecular complexity index is 565. The summed E-state index contributed by atoms with van der Waals surface area (Å²) in [6, 6.07) is 10.4. The van der Waals surface area contributed by atoms with Crippen LogP contribution in [0.25, 0.3) is 0 Å². The zero-order valence-corrected chi connectivity index (χ0v) is 11.2. The standard InChI is InChI=1S/C14H15ClN2O2/c1-14(19,10-5-2-3-6-11(10)15)9-17-13(18)12-7-4-8-16-12/h2-8,16,19H,9H2,1H3,(H,17,18)/t14-/m1/s1. The molecule has 1 atom stereocenters. The summed E-state index contributed by atoms with van der Waals surface area (Å²) in [5, 5.41) is 13.5. The van der Waals surface area contributed by atoms with Crippen LogP contribution in [0.4, 0.5) is 0 Å². The lowest BCUT2D eigenvalue weighted by Gasteiger charge is -2.25. The summed E-state index contributed by atoms with van der Waals surface area (Å²) < 4.78 is 0. The molecule has 19 heavy (non-hydrogen) atoms. The van der Waals surface area contributed by atoms with Gasteiger partial charge in [0.2, 0.25) is 0 Å². The lowest BCUT2D eigenvalue weighted by atomic mass is 9.96. The first kappa shape index (κ1) is 13.6. The first-order valence-electron chi connectivity index (χ1n) is 5.90. The lowest BCUT2D eigenvalue weighted by molar-refractivity contribution is 0.0526. The van der Waals surface area contributed by atoms with E-state index in [-0.39, 0.29) is 12.5 Å². The van der Waals surface area contributed by atoms with Crippen LogP contribution in [0, 0.1) is 0 Å². The molecule has 4 nitrogen and oxygen atoms in total. The molecule has 2 aromatic rings. The van der Waals surface area contributed by atoms with Crippen LogP contribution in [0.15, 0.2) is 42.6 Å². The van der Waals surface area contributed by atoms with Crippen molar-refractivity contribution in [3.8, 4) is 0 Å². The van der Waals surface area contributed by atoms with Crippen LogP contribution < -0.4 is 5.32 Å². The number of nitrogens with one attached hydrogen (secondary N) is 2. The van der Waals surface area contributed by atoms with Crippen LogP contribution in [0.1, 0.15) is 23.0 Å². The maximum atomic E-state index is 11.8. The summed E-state index contributed by atoms with van der Waals surface area (Å²) >= 11 is 6.04. The van der Waals surface area contributed by atoms with Gasteiger partial charge in [-0.2, -0.15) is 0 Å². The molecular formula is C14H15ClN2O2. The SMILES string of the molecule is C[C@@](O)(CNC(=O)c1ccc[nH]1)c1ccccc1Cl. The predicted octanol–water partition coefficient (Wildman–Crippen LogP) is 2.31. The van der Waals surface area contributed by atoms with Crippen molar-refractivity contribution in [2.45, 2.75) is 12.5 Å². The molecule has 0 aliphatic carbocycles. The van der Waals surface area contributed by atoms with Crippen LogP contribution in [0.2, 0.25) is 5.02 Å². The molecule has 5 heteroatoms. The van der Waals surface area contributed by atoms with E-state index in [4.69, 9.17) is 11.6 Å². The second-order valence-corrected chi connectivity index (χ2v) is 4.93. The summed E-state index contributed by atoms with van der Waals surface area (Å²) in [5.74, 6) is -0.266. The quantitative estimate of drug-likeness (QED) is 0.803. The van der Waals surface area contributed by atoms with Crippen LogP contribution in [0.5, 0.6) is 0 Å². The maximum Gasteiger partial charge on any atom is 0.267 e. The third kappa shape index (κ3) is 3.16. The first-order chi connectivity index (χ1) is 9.00. The molecule has 0 spiro atoms. The first-order valence-corrected chi connectivity index (χ1v) is 6.27. The van der Waals surface area contributed by atoms with Crippen molar-refractivity contribution in [3.63, 3.8) is 0 Å². The summed E-state index contributed by atoms with van der Waals surface area (Å²) in [6.07, 6.45) is 1.67. The highest BCUT2D eigenvalue weighted by Gasteiger charge is 2.26. The summed E-state index contributed by atoms with van der Waals surface area (Å²) in [4.78, 5) is 14.6. The average molecular weight is 279 g/mol. The number of rotatable bonds is 4. The van der Waals surface area contributed by atoms with E-state index >= 15 is 0 Å². The number of aromatic amines is 1. The van der Waals surface area contributed by atoms with Crippen molar-refractivity contribution in [3.05, 3.63) is 58.9 Å². The van der Waals surface area contributed by atoms with Crippen LogP contribution in [-0.4, -0.2) is 22.5 Å². The average Bonchev–Trinajstić information content (AvgIpc) is 2.90. The summed E-state index contributed by atoms with van der Waals surface area (Å²) in [7, 11) is 0. The third-order valence-corrected chi connectivity index (χ3v) is 3.22. The van der Waals surface area contributed by atoms with Crippen molar-refractivity contribution in [1.82, 2.24) is 10.3 Å². The molecule has 0 radical (unpaired) electrons. The Kier molecular flexibility index (Phi) is 3.93. The molecule has 0 unspecified atom stereocenters. The molecule has 0 fully saturated rings. The van der Waals surface area contributed by atoms with Gasteiger partial charge in [0, 0.05) is 16.8 Å². The van der Waals surface area contributed by atoms with Gasteiger partial charge in [-0.1, -0.05) is 29.8 Å². The van der Waals surface area contributed by atoms with Crippen molar-refractivity contribution in [2.75, 3.05) is 6.54 Å². The van der Waals surface area contributed by atoms with Gasteiger partial charge in [0.1, 0.15) is 11.3 Å². The molecule has 0 saturated heterocycles. The van der Waals surface area contributed by atoms with Crippen LogP contribution >= 0.6 is 11.6 Å². The van der Waals surface area contributed by atoms with Crippen molar-refractivity contribution < 1.29 is 9.90 Å². The smallest absolute Gasteiger partial charge is 0.267 e. The maximum absolute atomic E-state index is 11.8. The Hall–Kier alpha value is -1.78. The van der Waals surface area contributed by atoms with Gasteiger partial charge in [0.05, 0.1) is 6.54 Å². The molecule has 1 aromatic heterocycles. The van der Waals surface area contributed by atoms with E-state index in [2.05, 4.69) is 10.3 Å². The van der Waals surface area contributed by atoms with E-state index in [1.54, 1.807) is 49.5 Å². The number of aliphatic hydroxyl groups is 1. The van der Waals surface area contributed by atoms with E-state index in [1.807, 2.05) is 0 Å². The molecule has 100 valence electrons. The number of hydrogen-bond donors (Lipinski definition) is 3. The molecule has 3 N–H and O–H groups in total. The monoisotopic (exact) mass is 278 g/mol. The van der Waals surface area contributed by atoms with Crippen LogP contribution in [0.3, 0.4) is 0 Å². The Morgan fingerprint density at radius 3 is 2.74 bits per heavy atom. The summed E-state index contributed by atoms with van der Waals surface area (Å²) in [6.45, 7) is 1.69. The van der Waals surface area contributed by atoms with Gasteiger partial charge >= 0.3 is 0 Å². The van der Waals surface area contributed by atoms with Gasteiger partial charge in [-0.05, 0) is 25.1 Å². The normalized spacial score (nSPS) is 13.8. The molecular weight excluding hydrogens is 264 g/mol. The number of hydrogen-bond acceptors (Lipinski definition) is 2. The molecule has 1 heterocycles. The summed E-state index contributed by atoms with van der Waals surface area (Å²) in [5.41, 5.74) is -0.181. The molecule has 1 amide bonds. The highest BCUT2D eigenvalue weighted by atomic mass is 35.5. The molecule has 2 rings (SSSR count). The second-order valence-electron chi connectivity index (χ2n) is 4.52. The number of amides is 1. The molecule has 0 aliphatic rings. The topological polar surface area (TPSA) is 65.1 Å². The minimum absolute atomic E-state index is 0.0780. The Morgan fingerprint density at radius 2 is 2.11 bits per heavy atom. The van der Waals surface area contributed by atoms with Gasteiger partial charge < -0.3 is 15.4 Å². The van der Waals surface area contributed by atoms with Gasteiger partial charge in [-0.15, -0.1) is 0 Å². The van der Waals surface area contributed by atoms with E-state index in [1.165, 1.54) is 0 Å². The molecule has 0 aliphatic heterocycles. The van der Waals surface area contributed by atoms with Crippen LogP contribution in [-0.2, 0) is 5.60 Å². The number of benzene rings is 1. The fourth-order valence-electron chi connectivity index (χ4n) is 1.81. The van der Waals surface area contributed by atoms with Crippen molar-refractivity contribution in [1.29, 1.82) is 0 Å². The fourth-order valence-corrected chi connectivity index (χ4v) is 2.15. The van der Waals surface area contributed by atoms with Crippen molar-refractivity contribution in [2.24, 2.45) is 0 Å². The Labute approximate surface area is 116 Å². The molecule has 1 aromatic carbocycles. The zero-order chi connectivity index (χ0) is 13.9. The Morgan fingerprint density at radius 1 is 1.37 bits per heavy atom. The number of H-pyrrole nitrogens is 1. The second kappa shape index (κ2) is 5.47. The van der Waals surface area contributed by atoms with Crippen molar-refractivity contribution >= 4 is 17.5 Å². The largest absolute Gasteiger partial charge is 0.384 e. The van der Waals surface area contributed by atoms with Gasteiger partial charge in [-0.3, -0.25) is 4.79 Å². The highest BCUT2D eigenvalue weighted by Crippen LogP contribution is 2.27. The molecule has 0 bridgehead atoms. The number of halogens is 1. The van der Waals surface area contributed by atoms with E-state index in [0.29, 0.717) is 16.3 Å². The van der Waals surface area contributed by atoms with Gasteiger partial charge in [0.15, 0.2) is 0 Å². The fraction of sp³-hybridized carbons (Fsp3) is 0.214. The Balaban J connectivity index is 2.06. The zero-order valence-electron chi connectivity index (χ0n) is 10.5. The predicted molar refractivity (Wildman–Crippen MR) is 74.1 cm³/mol. The number of carbonyl (C=O) groups excluding carboxylic acids is 1. The lowest BCUT2D eigenvalue weighted by Crippen LogP contribution is -2.38. The van der Waals surface area contributed by atoms with Gasteiger partial charge in [0.25, 0.3) is 5.91 Å². The van der Waals surface area contributed by atoms with E-state index in [9.17, 15) is 9.90 Å². The third-order valence-electron chi connectivity index (χ3n) is 2.89. The minimum Gasteiger partial charge on any atom is -0.384 e. The molecule has 0 saturated carbocycles. The van der Waals surface area contributed by atoms with E-state index in [0.717, 1.165) is 0 Å². The van der Waals surface area contributed by atoms with Gasteiger partial charge in [-0.25, -0.2) is 0 Å². The minimum atomic E-state index is -1.22. The number of aromatic nitrogens is 1. The van der Waals surface area contributed by atoms with E-state index < -0.39 is 5.60 Å². The number of carbonyl (C=O) groups is 1. The highest BCUT2D eigenvalue weighted by molar-refractivity contribution is 6.31.